The van der Waals surface area contributed by atoms with E-state index in [0.717, 1.165) is 29.9 Å². The van der Waals surface area contributed by atoms with Crippen molar-refractivity contribution >= 4 is 0 Å². The summed E-state index contributed by atoms with van der Waals surface area (Å²) in [7, 11) is 0. The molecular formula is C16H27N3O. The Hall–Kier alpha value is -1.00. The van der Waals surface area contributed by atoms with Crippen LogP contribution in [0.3, 0.4) is 0 Å². The van der Waals surface area contributed by atoms with Crippen LogP contribution in [0.5, 0.6) is 0 Å². The topological polar surface area (TPSA) is 61.0 Å². The van der Waals surface area contributed by atoms with E-state index in [0.29, 0.717) is 6.61 Å². The Labute approximate surface area is 122 Å². The van der Waals surface area contributed by atoms with Crippen LogP contribution in [0.1, 0.15) is 75.5 Å². The highest BCUT2D eigenvalue weighted by atomic mass is 16.5. The second-order valence-corrected chi connectivity index (χ2v) is 5.86. The van der Waals surface area contributed by atoms with Gasteiger partial charge < -0.3 is 10.5 Å². The maximum absolute atomic E-state index is 6.14. The Balaban J connectivity index is 2.35. The average molecular weight is 277 g/mol. The minimum atomic E-state index is -0.285. The van der Waals surface area contributed by atoms with E-state index in [1.807, 2.05) is 20.0 Å². The molecule has 0 unspecified atom stereocenters. The molecule has 0 aliphatic heterocycles. The lowest BCUT2D eigenvalue weighted by atomic mass is 9.92. The molecule has 1 heterocycles. The lowest BCUT2D eigenvalue weighted by Crippen LogP contribution is -2.32. The first-order valence-electron chi connectivity index (χ1n) is 7.82. The Morgan fingerprint density at radius 1 is 1.30 bits per heavy atom. The van der Waals surface area contributed by atoms with Gasteiger partial charge in [0, 0.05) is 30.1 Å². The number of nitrogens with two attached hydrogens (primary N) is 1. The third-order valence-electron chi connectivity index (χ3n) is 4.25. The van der Waals surface area contributed by atoms with Crippen LogP contribution >= 0.6 is 0 Å². The summed E-state index contributed by atoms with van der Waals surface area (Å²) < 4.78 is 6.14. The molecule has 4 heteroatoms. The molecule has 0 aromatic carbocycles. The third-order valence-corrected chi connectivity index (χ3v) is 4.25. The van der Waals surface area contributed by atoms with Crippen molar-refractivity contribution in [1.29, 1.82) is 0 Å². The van der Waals surface area contributed by atoms with Crippen LogP contribution in [-0.2, 0) is 10.3 Å². The van der Waals surface area contributed by atoms with E-state index < -0.39 is 0 Å². The number of hydrogen-bond acceptors (Lipinski definition) is 4. The summed E-state index contributed by atoms with van der Waals surface area (Å²) in [6.07, 6.45) is 8.88. The highest BCUT2D eigenvalue weighted by Gasteiger charge is 2.36. The van der Waals surface area contributed by atoms with Crippen molar-refractivity contribution in [2.75, 3.05) is 6.61 Å². The Morgan fingerprint density at radius 2 is 1.95 bits per heavy atom. The standard InChI is InChI=1S/C16H27N3O/c1-4-20-16(9-7-5-6-8-10-16)15-18-11-14(12(2)17)13(3)19-15/h11-12H,4-10,17H2,1-3H3/t12-/m0/s1. The molecule has 1 saturated carbocycles. The van der Waals surface area contributed by atoms with Crippen molar-refractivity contribution in [3.8, 4) is 0 Å². The summed E-state index contributed by atoms with van der Waals surface area (Å²) in [5, 5.41) is 0. The van der Waals surface area contributed by atoms with Crippen molar-refractivity contribution in [3.63, 3.8) is 0 Å². The highest BCUT2D eigenvalue weighted by molar-refractivity contribution is 5.21. The summed E-state index contributed by atoms with van der Waals surface area (Å²) in [5.41, 5.74) is 7.67. The molecule has 1 aliphatic rings. The Bertz CT molecular complexity index is 437. The average Bonchev–Trinajstić information content (AvgIpc) is 2.65. The summed E-state index contributed by atoms with van der Waals surface area (Å²) in [6, 6.07) is -0.0266. The van der Waals surface area contributed by atoms with Crippen molar-refractivity contribution in [2.45, 2.75) is 70.9 Å². The van der Waals surface area contributed by atoms with Crippen LogP contribution in [0, 0.1) is 6.92 Å². The highest BCUT2D eigenvalue weighted by Crippen LogP contribution is 2.38. The smallest absolute Gasteiger partial charge is 0.160 e. The lowest BCUT2D eigenvalue weighted by Gasteiger charge is -2.31. The maximum atomic E-state index is 6.14. The molecule has 1 fully saturated rings. The minimum absolute atomic E-state index is 0.0266. The second kappa shape index (κ2) is 6.64. The summed E-state index contributed by atoms with van der Waals surface area (Å²) in [4.78, 5) is 9.34. The van der Waals surface area contributed by atoms with Gasteiger partial charge in [-0.25, -0.2) is 9.97 Å². The number of aromatic nitrogens is 2. The van der Waals surface area contributed by atoms with E-state index in [9.17, 15) is 0 Å². The van der Waals surface area contributed by atoms with E-state index >= 15 is 0 Å². The van der Waals surface area contributed by atoms with E-state index in [1.165, 1.54) is 25.7 Å². The fourth-order valence-corrected chi connectivity index (χ4v) is 3.15. The van der Waals surface area contributed by atoms with Gasteiger partial charge in [0.05, 0.1) is 0 Å². The number of nitrogens with zero attached hydrogens (tertiary/aromatic N) is 2. The molecule has 112 valence electrons. The van der Waals surface area contributed by atoms with Gasteiger partial charge in [0.25, 0.3) is 0 Å². The number of aryl methyl sites for hydroxylation is 1. The fraction of sp³-hybridized carbons (Fsp3) is 0.750. The van der Waals surface area contributed by atoms with Crippen LogP contribution < -0.4 is 5.73 Å². The molecule has 0 spiro atoms. The van der Waals surface area contributed by atoms with E-state index in [-0.39, 0.29) is 11.6 Å². The van der Waals surface area contributed by atoms with E-state index in [4.69, 9.17) is 15.5 Å². The molecule has 0 saturated heterocycles. The minimum Gasteiger partial charge on any atom is -0.367 e. The van der Waals surface area contributed by atoms with Crippen LogP contribution in [0.2, 0.25) is 0 Å². The van der Waals surface area contributed by atoms with Crippen LogP contribution in [0.4, 0.5) is 0 Å². The molecule has 4 nitrogen and oxygen atoms in total. The van der Waals surface area contributed by atoms with Crippen LogP contribution in [-0.4, -0.2) is 16.6 Å². The summed E-state index contributed by atoms with van der Waals surface area (Å²) in [6.45, 7) is 6.74. The molecule has 1 aliphatic carbocycles. The zero-order valence-corrected chi connectivity index (χ0v) is 13.0. The van der Waals surface area contributed by atoms with Gasteiger partial charge >= 0.3 is 0 Å². The maximum Gasteiger partial charge on any atom is 0.160 e. The quantitative estimate of drug-likeness (QED) is 0.857. The summed E-state index contributed by atoms with van der Waals surface area (Å²) in [5.74, 6) is 0.850. The zero-order chi connectivity index (χ0) is 14.6. The molecule has 1 aromatic rings. The van der Waals surface area contributed by atoms with Gasteiger partial charge in [-0.3, -0.25) is 0 Å². The zero-order valence-electron chi connectivity index (χ0n) is 13.0. The van der Waals surface area contributed by atoms with Gasteiger partial charge in [-0.05, 0) is 33.6 Å². The normalized spacial score (nSPS) is 20.4. The fourth-order valence-electron chi connectivity index (χ4n) is 3.15. The van der Waals surface area contributed by atoms with Gasteiger partial charge in [0.2, 0.25) is 0 Å². The van der Waals surface area contributed by atoms with E-state index in [1.54, 1.807) is 0 Å². The van der Waals surface area contributed by atoms with Crippen molar-refractivity contribution in [1.82, 2.24) is 9.97 Å². The SMILES string of the molecule is CCOC1(c2ncc([C@H](C)N)c(C)n2)CCCCCC1. The van der Waals surface area contributed by atoms with Crippen molar-refractivity contribution in [3.05, 3.63) is 23.3 Å². The lowest BCUT2D eigenvalue weighted by molar-refractivity contribution is -0.0625. The predicted molar refractivity (Wildman–Crippen MR) is 80.4 cm³/mol. The monoisotopic (exact) mass is 277 g/mol. The Morgan fingerprint density at radius 3 is 2.45 bits per heavy atom. The molecular weight excluding hydrogens is 250 g/mol. The van der Waals surface area contributed by atoms with Gasteiger partial charge in [0.1, 0.15) is 5.60 Å². The van der Waals surface area contributed by atoms with Crippen molar-refractivity contribution in [2.24, 2.45) is 5.73 Å². The van der Waals surface area contributed by atoms with Crippen molar-refractivity contribution < 1.29 is 4.74 Å². The number of rotatable bonds is 4. The Kier molecular flexibility index (Phi) is 5.11. The van der Waals surface area contributed by atoms with Gasteiger partial charge in [-0.2, -0.15) is 0 Å². The molecule has 1 aromatic heterocycles. The molecule has 0 amide bonds. The van der Waals surface area contributed by atoms with Crippen LogP contribution in [0.15, 0.2) is 6.20 Å². The third kappa shape index (κ3) is 3.18. The number of ether oxygens (including phenoxy) is 1. The first kappa shape index (κ1) is 15.4. The summed E-state index contributed by atoms with van der Waals surface area (Å²) >= 11 is 0. The largest absolute Gasteiger partial charge is 0.367 e. The van der Waals surface area contributed by atoms with Gasteiger partial charge in [-0.1, -0.05) is 25.7 Å². The molecule has 0 radical (unpaired) electrons. The molecule has 20 heavy (non-hydrogen) atoms. The molecule has 0 bridgehead atoms. The molecule has 2 rings (SSSR count). The first-order chi connectivity index (χ1) is 9.59. The van der Waals surface area contributed by atoms with Gasteiger partial charge in [-0.15, -0.1) is 0 Å². The second-order valence-electron chi connectivity index (χ2n) is 5.86. The first-order valence-corrected chi connectivity index (χ1v) is 7.82. The van der Waals surface area contributed by atoms with E-state index in [2.05, 4.69) is 11.9 Å². The van der Waals surface area contributed by atoms with Gasteiger partial charge in [0.15, 0.2) is 5.82 Å². The van der Waals surface area contributed by atoms with Crippen LogP contribution in [0.25, 0.3) is 0 Å². The predicted octanol–water partition coefficient (Wildman–Crippen LogP) is 3.39. The number of hydrogen-bond donors (Lipinski definition) is 1. The molecule has 1 atom stereocenters. The molecule has 2 N–H and O–H groups in total.